The second-order valence-electron chi connectivity index (χ2n) is 5.41. The quantitative estimate of drug-likeness (QED) is 0.692. The molecule has 0 aromatic rings. The lowest BCUT2D eigenvalue weighted by Gasteiger charge is -2.48. The first-order valence-corrected chi connectivity index (χ1v) is 5.74. The van der Waals surface area contributed by atoms with Crippen LogP contribution in [0, 0.1) is 5.41 Å². The highest BCUT2D eigenvalue weighted by molar-refractivity contribution is 5.67. The summed E-state index contributed by atoms with van der Waals surface area (Å²) in [4.78, 5) is 13.1. The first-order valence-electron chi connectivity index (χ1n) is 5.74. The lowest BCUT2D eigenvalue weighted by atomic mass is 9.70. The van der Waals surface area contributed by atoms with E-state index in [9.17, 15) is 4.79 Å². The SMILES string of the molecule is COC(=O)N1CCC(OC)(C(C)(C)C)CC1. The highest BCUT2D eigenvalue weighted by Crippen LogP contribution is 2.41. The van der Waals surface area contributed by atoms with Crippen molar-refractivity contribution in [2.24, 2.45) is 5.41 Å². The molecule has 1 amide bonds. The number of amides is 1. The molecular formula is C12H23NO3. The van der Waals surface area contributed by atoms with Crippen LogP contribution >= 0.6 is 0 Å². The molecule has 0 atom stereocenters. The van der Waals surface area contributed by atoms with Gasteiger partial charge in [0.2, 0.25) is 0 Å². The lowest BCUT2D eigenvalue weighted by molar-refractivity contribution is -0.123. The van der Waals surface area contributed by atoms with Crippen LogP contribution < -0.4 is 0 Å². The van der Waals surface area contributed by atoms with E-state index in [0.717, 1.165) is 12.8 Å². The van der Waals surface area contributed by atoms with Crippen LogP contribution in [0.2, 0.25) is 0 Å². The summed E-state index contributed by atoms with van der Waals surface area (Å²) in [5.74, 6) is 0. The molecule has 0 saturated carbocycles. The molecule has 1 heterocycles. The average Bonchev–Trinajstić information content (AvgIpc) is 2.26. The molecule has 1 fully saturated rings. The zero-order chi connectivity index (χ0) is 12.4. The summed E-state index contributed by atoms with van der Waals surface area (Å²) in [6, 6.07) is 0. The Labute approximate surface area is 97.9 Å². The van der Waals surface area contributed by atoms with Crippen molar-refractivity contribution in [3.8, 4) is 0 Å². The molecule has 94 valence electrons. The highest BCUT2D eigenvalue weighted by atomic mass is 16.5. The fraction of sp³-hybridized carbons (Fsp3) is 0.917. The minimum atomic E-state index is -0.237. The first kappa shape index (κ1) is 13.3. The van der Waals surface area contributed by atoms with Crippen molar-refractivity contribution in [2.45, 2.75) is 39.2 Å². The normalized spacial score (nSPS) is 20.7. The largest absolute Gasteiger partial charge is 0.453 e. The molecule has 16 heavy (non-hydrogen) atoms. The number of hydrogen-bond donors (Lipinski definition) is 0. The summed E-state index contributed by atoms with van der Waals surface area (Å²) in [6.07, 6.45) is 1.49. The molecule has 0 N–H and O–H groups in total. The van der Waals surface area contributed by atoms with Crippen LogP contribution in [0.4, 0.5) is 4.79 Å². The van der Waals surface area contributed by atoms with Crippen molar-refractivity contribution in [1.29, 1.82) is 0 Å². The number of likely N-dealkylation sites (tertiary alicyclic amines) is 1. The Balaban J connectivity index is 2.68. The molecule has 0 aliphatic carbocycles. The van der Waals surface area contributed by atoms with E-state index in [4.69, 9.17) is 9.47 Å². The van der Waals surface area contributed by atoms with E-state index in [0.29, 0.717) is 13.1 Å². The van der Waals surface area contributed by atoms with Crippen molar-refractivity contribution >= 4 is 6.09 Å². The van der Waals surface area contributed by atoms with Crippen LogP contribution in [0.1, 0.15) is 33.6 Å². The van der Waals surface area contributed by atoms with Gasteiger partial charge in [-0.05, 0) is 18.3 Å². The monoisotopic (exact) mass is 229 g/mol. The van der Waals surface area contributed by atoms with E-state index in [-0.39, 0.29) is 17.1 Å². The Hall–Kier alpha value is -0.770. The lowest BCUT2D eigenvalue weighted by Crippen LogP contribution is -2.54. The van der Waals surface area contributed by atoms with Gasteiger partial charge in [-0.25, -0.2) is 4.79 Å². The Morgan fingerprint density at radius 1 is 1.19 bits per heavy atom. The van der Waals surface area contributed by atoms with Crippen molar-refractivity contribution in [1.82, 2.24) is 4.90 Å². The van der Waals surface area contributed by atoms with E-state index in [1.807, 2.05) is 0 Å². The van der Waals surface area contributed by atoms with Crippen LogP contribution in [0.25, 0.3) is 0 Å². The predicted molar refractivity (Wildman–Crippen MR) is 62.4 cm³/mol. The third kappa shape index (κ3) is 2.32. The maximum Gasteiger partial charge on any atom is 0.409 e. The molecule has 0 unspecified atom stereocenters. The Kier molecular flexibility index (Phi) is 3.84. The third-order valence-corrected chi connectivity index (χ3v) is 3.76. The second kappa shape index (κ2) is 4.62. The van der Waals surface area contributed by atoms with Gasteiger partial charge >= 0.3 is 6.09 Å². The molecule has 1 rings (SSSR count). The van der Waals surface area contributed by atoms with Gasteiger partial charge in [0.05, 0.1) is 12.7 Å². The van der Waals surface area contributed by atoms with E-state index in [1.165, 1.54) is 7.11 Å². The standard InChI is InChI=1S/C12H23NO3/c1-11(2,3)12(16-5)6-8-13(9-7-12)10(14)15-4/h6-9H2,1-5H3. The average molecular weight is 229 g/mol. The van der Waals surface area contributed by atoms with Crippen LogP contribution in [-0.2, 0) is 9.47 Å². The number of hydrogen-bond acceptors (Lipinski definition) is 3. The summed E-state index contributed by atoms with van der Waals surface area (Å²) in [5, 5.41) is 0. The van der Waals surface area contributed by atoms with Gasteiger partial charge in [0.15, 0.2) is 0 Å². The van der Waals surface area contributed by atoms with E-state index in [2.05, 4.69) is 20.8 Å². The van der Waals surface area contributed by atoms with Gasteiger partial charge in [-0.3, -0.25) is 0 Å². The summed E-state index contributed by atoms with van der Waals surface area (Å²) >= 11 is 0. The van der Waals surface area contributed by atoms with Gasteiger partial charge in [-0.15, -0.1) is 0 Å². The molecule has 0 radical (unpaired) electrons. The van der Waals surface area contributed by atoms with Crippen LogP contribution in [0.5, 0.6) is 0 Å². The van der Waals surface area contributed by atoms with Gasteiger partial charge < -0.3 is 14.4 Å². The predicted octanol–water partition coefficient (Wildman–Crippen LogP) is 2.28. The van der Waals surface area contributed by atoms with Crippen LogP contribution in [0.3, 0.4) is 0 Å². The highest BCUT2D eigenvalue weighted by Gasteiger charge is 2.45. The first-order chi connectivity index (χ1) is 7.36. The van der Waals surface area contributed by atoms with E-state index in [1.54, 1.807) is 12.0 Å². The Morgan fingerprint density at radius 2 is 1.69 bits per heavy atom. The topological polar surface area (TPSA) is 38.8 Å². The molecule has 1 aliphatic heterocycles. The molecule has 4 heteroatoms. The number of carbonyl (C=O) groups is 1. The van der Waals surface area contributed by atoms with Gasteiger partial charge in [0.25, 0.3) is 0 Å². The van der Waals surface area contributed by atoms with Crippen molar-refractivity contribution in [3.05, 3.63) is 0 Å². The molecule has 0 spiro atoms. The maximum atomic E-state index is 11.4. The maximum absolute atomic E-state index is 11.4. The van der Waals surface area contributed by atoms with Crippen molar-refractivity contribution in [3.63, 3.8) is 0 Å². The number of carbonyl (C=O) groups excluding carboxylic acids is 1. The minimum absolute atomic E-state index is 0.0873. The molecule has 1 aliphatic rings. The summed E-state index contributed by atoms with van der Waals surface area (Å²) < 4.78 is 10.4. The molecular weight excluding hydrogens is 206 g/mol. The fourth-order valence-corrected chi connectivity index (χ4v) is 2.44. The summed E-state index contributed by atoms with van der Waals surface area (Å²) in [7, 11) is 3.18. The fourth-order valence-electron chi connectivity index (χ4n) is 2.44. The molecule has 4 nitrogen and oxygen atoms in total. The van der Waals surface area contributed by atoms with E-state index >= 15 is 0 Å². The number of rotatable bonds is 1. The van der Waals surface area contributed by atoms with Crippen molar-refractivity contribution < 1.29 is 14.3 Å². The molecule has 0 aromatic carbocycles. The minimum Gasteiger partial charge on any atom is -0.453 e. The number of piperidine rings is 1. The number of nitrogens with zero attached hydrogens (tertiary/aromatic N) is 1. The third-order valence-electron chi connectivity index (χ3n) is 3.76. The van der Waals surface area contributed by atoms with Gasteiger partial charge in [0.1, 0.15) is 0 Å². The number of ether oxygens (including phenoxy) is 2. The Bertz CT molecular complexity index is 249. The van der Waals surface area contributed by atoms with Crippen LogP contribution in [-0.4, -0.2) is 43.9 Å². The molecule has 0 aromatic heterocycles. The van der Waals surface area contributed by atoms with Gasteiger partial charge in [-0.2, -0.15) is 0 Å². The smallest absolute Gasteiger partial charge is 0.409 e. The number of methoxy groups -OCH3 is 2. The van der Waals surface area contributed by atoms with Crippen LogP contribution in [0.15, 0.2) is 0 Å². The van der Waals surface area contributed by atoms with Crippen molar-refractivity contribution in [2.75, 3.05) is 27.3 Å². The zero-order valence-electron chi connectivity index (χ0n) is 11.0. The Morgan fingerprint density at radius 3 is 2.00 bits per heavy atom. The van der Waals surface area contributed by atoms with E-state index < -0.39 is 0 Å². The summed E-state index contributed by atoms with van der Waals surface area (Å²) in [6.45, 7) is 7.97. The zero-order valence-corrected chi connectivity index (χ0v) is 11.0. The molecule has 1 saturated heterocycles. The second-order valence-corrected chi connectivity index (χ2v) is 5.41. The van der Waals surface area contributed by atoms with Gasteiger partial charge in [0, 0.05) is 20.2 Å². The summed E-state index contributed by atoms with van der Waals surface area (Å²) in [5.41, 5.74) is -0.0402. The van der Waals surface area contributed by atoms with Gasteiger partial charge in [-0.1, -0.05) is 20.8 Å². The molecule has 0 bridgehead atoms.